The fourth-order valence-corrected chi connectivity index (χ4v) is 3.85. The lowest BCUT2D eigenvalue weighted by Gasteiger charge is -2.03. The largest absolute Gasteiger partial charge is 0.347 e. The van der Waals surface area contributed by atoms with E-state index in [0.29, 0.717) is 10.6 Å². The van der Waals surface area contributed by atoms with Crippen molar-refractivity contribution in [1.29, 1.82) is 0 Å². The summed E-state index contributed by atoms with van der Waals surface area (Å²) in [4.78, 5) is 26.8. The van der Waals surface area contributed by atoms with Gasteiger partial charge < -0.3 is 10.3 Å². The minimum Gasteiger partial charge on any atom is -0.347 e. The van der Waals surface area contributed by atoms with Crippen molar-refractivity contribution in [2.75, 3.05) is 7.05 Å². The molecule has 1 amide bonds. The van der Waals surface area contributed by atoms with E-state index in [1.54, 1.807) is 19.1 Å². The second kappa shape index (κ2) is 6.42. The van der Waals surface area contributed by atoms with Crippen molar-refractivity contribution in [3.63, 3.8) is 0 Å². The van der Waals surface area contributed by atoms with Crippen molar-refractivity contribution < 1.29 is 13.2 Å². The van der Waals surface area contributed by atoms with Crippen LogP contribution in [0.15, 0.2) is 33.3 Å². The van der Waals surface area contributed by atoms with Crippen LogP contribution in [0.4, 0.5) is 0 Å². The third-order valence-electron chi connectivity index (χ3n) is 2.89. The summed E-state index contributed by atoms with van der Waals surface area (Å²) in [7, 11) is -2.15. The third kappa shape index (κ3) is 3.62. The molecular formula is C13H15N3O4S2. The van der Waals surface area contributed by atoms with E-state index >= 15 is 0 Å². The summed E-state index contributed by atoms with van der Waals surface area (Å²) in [5, 5.41) is 2.59. The van der Waals surface area contributed by atoms with Crippen LogP contribution in [0.1, 0.15) is 20.9 Å². The average molecular weight is 341 g/mol. The Kier molecular flexibility index (Phi) is 4.79. The molecule has 0 aliphatic heterocycles. The zero-order valence-electron chi connectivity index (χ0n) is 12.0. The van der Waals surface area contributed by atoms with Gasteiger partial charge in [0, 0.05) is 10.6 Å². The molecule has 9 heteroatoms. The zero-order chi connectivity index (χ0) is 16.3. The Bertz CT molecular complexity index is 852. The van der Waals surface area contributed by atoms with E-state index in [9.17, 15) is 18.0 Å². The van der Waals surface area contributed by atoms with Crippen molar-refractivity contribution in [2.24, 2.45) is 0 Å². The smallest absolute Gasteiger partial charge is 0.260 e. The average Bonchev–Trinajstić information content (AvgIpc) is 2.94. The Hall–Kier alpha value is -1.97. The zero-order valence-corrected chi connectivity index (χ0v) is 13.6. The van der Waals surface area contributed by atoms with E-state index in [-0.39, 0.29) is 16.3 Å². The monoisotopic (exact) mass is 341 g/mol. The number of H-pyrrole nitrogens is 1. The van der Waals surface area contributed by atoms with Gasteiger partial charge in [-0.25, -0.2) is 13.1 Å². The number of carbonyl (C=O) groups is 1. The van der Waals surface area contributed by atoms with Crippen molar-refractivity contribution >= 4 is 27.3 Å². The quantitative estimate of drug-likeness (QED) is 0.739. The number of rotatable bonds is 5. The normalized spacial score (nSPS) is 11.4. The first-order valence-corrected chi connectivity index (χ1v) is 8.64. The van der Waals surface area contributed by atoms with E-state index in [0.717, 1.165) is 11.3 Å². The van der Waals surface area contributed by atoms with Crippen LogP contribution in [-0.4, -0.2) is 26.4 Å². The predicted octanol–water partition coefficient (Wildman–Crippen LogP) is 0.583. The Morgan fingerprint density at radius 3 is 2.64 bits per heavy atom. The molecule has 2 aromatic heterocycles. The van der Waals surface area contributed by atoms with Gasteiger partial charge in [0.2, 0.25) is 10.0 Å². The second-order valence-corrected chi connectivity index (χ2v) is 7.78. The maximum Gasteiger partial charge on any atom is 0.260 e. The van der Waals surface area contributed by atoms with Gasteiger partial charge in [0.25, 0.3) is 11.5 Å². The molecule has 0 aliphatic carbocycles. The first-order valence-electron chi connectivity index (χ1n) is 6.34. The molecule has 0 saturated carbocycles. The summed E-state index contributed by atoms with van der Waals surface area (Å²) in [5.41, 5.74) is 0.231. The van der Waals surface area contributed by atoms with E-state index in [1.165, 1.54) is 19.2 Å². The first-order chi connectivity index (χ1) is 10.3. The van der Waals surface area contributed by atoms with Gasteiger partial charge in [-0.2, -0.15) is 0 Å². The highest BCUT2D eigenvalue weighted by atomic mass is 32.2. The highest BCUT2D eigenvalue weighted by molar-refractivity contribution is 7.91. The topological polar surface area (TPSA) is 108 Å². The van der Waals surface area contributed by atoms with Gasteiger partial charge in [-0.3, -0.25) is 9.59 Å². The number of aromatic amines is 1. The molecule has 7 nitrogen and oxygen atoms in total. The number of pyridine rings is 1. The molecule has 2 heterocycles. The molecule has 0 saturated heterocycles. The van der Waals surface area contributed by atoms with Gasteiger partial charge in [-0.05, 0) is 38.2 Å². The number of sulfonamides is 1. The SMILES string of the molecule is CNS(=O)(=O)c1ccc(CNC(=O)c2ccc(C)[nH]c2=O)s1. The van der Waals surface area contributed by atoms with Crippen LogP contribution in [0.25, 0.3) is 0 Å². The van der Waals surface area contributed by atoms with Crippen LogP contribution < -0.4 is 15.6 Å². The van der Waals surface area contributed by atoms with E-state index in [4.69, 9.17) is 0 Å². The molecule has 0 unspecified atom stereocenters. The van der Waals surface area contributed by atoms with Crippen LogP contribution in [-0.2, 0) is 16.6 Å². The summed E-state index contributed by atoms with van der Waals surface area (Å²) in [6.45, 7) is 1.87. The molecule has 2 aromatic rings. The van der Waals surface area contributed by atoms with Gasteiger partial charge in [0.1, 0.15) is 9.77 Å². The molecule has 0 spiro atoms. The molecule has 0 aromatic carbocycles. The molecule has 0 aliphatic rings. The molecule has 118 valence electrons. The Labute approximate surface area is 131 Å². The molecule has 2 rings (SSSR count). The lowest BCUT2D eigenvalue weighted by atomic mass is 10.2. The summed E-state index contributed by atoms with van der Waals surface area (Å²) < 4.78 is 25.6. The van der Waals surface area contributed by atoms with Crippen LogP contribution in [0.5, 0.6) is 0 Å². The van der Waals surface area contributed by atoms with Crippen LogP contribution >= 0.6 is 11.3 Å². The summed E-state index contributed by atoms with van der Waals surface area (Å²) >= 11 is 1.06. The fraction of sp³-hybridized carbons (Fsp3) is 0.231. The fourth-order valence-electron chi connectivity index (χ4n) is 1.71. The van der Waals surface area contributed by atoms with E-state index < -0.39 is 21.5 Å². The Morgan fingerprint density at radius 1 is 1.27 bits per heavy atom. The number of hydrogen-bond acceptors (Lipinski definition) is 5. The van der Waals surface area contributed by atoms with Crippen LogP contribution in [0.3, 0.4) is 0 Å². The van der Waals surface area contributed by atoms with Crippen LogP contribution in [0, 0.1) is 6.92 Å². The number of aryl methyl sites for hydroxylation is 1. The highest BCUT2D eigenvalue weighted by Gasteiger charge is 2.15. The molecule has 3 N–H and O–H groups in total. The number of thiophene rings is 1. The van der Waals surface area contributed by atoms with E-state index in [2.05, 4.69) is 15.0 Å². The first kappa shape index (κ1) is 16.4. The van der Waals surface area contributed by atoms with Gasteiger partial charge >= 0.3 is 0 Å². The predicted molar refractivity (Wildman–Crippen MR) is 83.5 cm³/mol. The molecule has 22 heavy (non-hydrogen) atoms. The lowest BCUT2D eigenvalue weighted by molar-refractivity contribution is 0.0949. The second-order valence-electron chi connectivity index (χ2n) is 4.50. The Balaban J connectivity index is 2.07. The maximum absolute atomic E-state index is 12.0. The van der Waals surface area contributed by atoms with E-state index in [1.807, 2.05) is 0 Å². The molecule has 0 atom stereocenters. The third-order valence-corrected chi connectivity index (χ3v) is 5.89. The van der Waals surface area contributed by atoms with Gasteiger partial charge in [-0.15, -0.1) is 11.3 Å². The number of hydrogen-bond donors (Lipinski definition) is 3. The summed E-state index contributed by atoms with van der Waals surface area (Å²) in [6.07, 6.45) is 0. The highest BCUT2D eigenvalue weighted by Crippen LogP contribution is 2.21. The number of aromatic nitrogens is 1. The van der Waals surface area contributed by atoms with Gasteiger partial charge in [0.15, 0.2) is 0 Å². The van der Waals surface area contributed by atoms with Gasteiger partial charge in [0.05, 0.1) is 6.54 Å². The van der Waals surface area contributed by atoms with Crippen molar-refractivity contribution in [1.82, 2.24) is 15.0 Å². The lowest BCUT2D eigenvalue weighted by Crippen LogP contribution is -2.29. The van der Waals surface area contributed by atoms with Crippen LogP contribution in [0.2, 0.25) is 0 Å². The number of carbonyl (C=O) groups excluding carboxylic acids is 1. The maximum atomic E-state index is 12.0. The minimum atomic E-state index is -3.48. The minimum absolute atomic E-state index is 0.0187. The summed E-state index contributed by atoms with van der Waals surface area (Å²) in [6, 6.07) is 6.18. The Morgan fingerprint density at radius 2 is 2.00 bits per heavy atom. The summed E-state index contributed by atoms with van der Waals surface area (Å²) in [5.74, 6) is -0.507. The molecule has 0 bridgehead atoms. The molecule has 0 radical (unpaired) electrons. The molecule has 0 fully saturated rings. The standard InChI is InChI=1S/C13H15N3O4S2/c1-8-3-5-10(13(18)16-8)12(17)15-7-9-4-6-11(21-9)22(19,20)14-2/h3-6,14H,7H2,1-2H3,(H,15,17)(H,16,18). The van der Waals surface area contributed by atoms with Gasteiger partial charge in [-0.1, -0.05) is 0 Å². The van der Waals surface area contributed by atoms with Crippen molar-refractivity contribution in [3.05, 3.63) is 50.8 Å². The van der Waals surface area contributed by atoms with Crippen molar-refractivity contribution in [3.8, 4) is 0 Å². The molecular weight excluding hydrogens is 326 g/mol. The number of nitrogens with one attached hydrogen (secondary N) is 3. The van der Waals surface area contributed by atoms with Crippen molar-refractivity contribution in [2.45, 2.75) is 17.7 Å². The number of amides is 1.